The lowest BCUT2D eigenvalue weighted by molar-refractivity contribution is 0.0474. The number of hydrogen-bond acceptors (Lipinski definition) is 4. The van der Waals surface area contributed by atoms with Gasteiger partial charge in [-0.15, -0.1) is 0 Å². The summed E-state index contributed by atoms with van der Waals surface area (Å²) >= 11 is 0. The first-order valence-corrected chi connectivity index (χ1v) is 10.2. The largest absolute Gasteiger partial charge is 0.489 e. The zero-order valence-electron chi connectivity index (χ0n) is 17.3. The van der Waals surface area contributed by atoms with Gasteiger partial charge in [0, 0.05) is 23.0 Å². The van der Waals surface area contributed by atoms with E-state index in [1.165, 1.54) is 0 Å². The molecule has 0 unspecified atom stereocenters. The SMILES string of the molecule is Cc1cc(C(=O)COC(=O)c2cccc(OCc3ccccc3)c2)c(C)n1C1CC1. The standard InChI is InChI=1S/C25H25NO4/c1-17-13-23(18(2)26(17)21-11-12-21)24(27)16-30-25(28)20-9-6-10-22(14-20)29-15-19-7-4-3-5-8-19/h3-10,13-14,21H,11-12,15-16H2,1-2H3. The second kappa shape index (κ2) is 8.57. The summed E-state index contributed by atoms with van der Waals surface area (Å²) in [5.41, 5.74) is 4.06. The lowest BCUT2D eigenvalue weighted by Crippen LogP contribution is -2.15. The van der Waals surface area contributed by atoms with Gasteiger partial charge in [0.25, 0.3) is 0 Å². The van der Waals surface area contributed by atoms with Crippen LogP contribution in [0.2, 0.25) is 0 Å². The van der Waals surface area contributed by atoms with E-state index in [1.807, 2.05) is 50.2 Å². The van der Waals surface area contributed by atoms with E-state index < -0.39 is 5.97 Å². The number of rotatable bonds is 8. The number of hydrogen-bond donors (Lipinski definition) is 0. The molecule has 0 radical (unpaired) electrons. The molecule has 30 heavy (non-hydrogen) atoms. The topological polar surface area (TPSA) is 57.5 Å². The van der Waals surface area contributed by atoms with Gasteiger partial charge in [-0.25, -0.2) is 4.79 Å². The van der Waals surface area contributed by atoms with Crippen LogP contribution in [0.15, 0.2) is 60.7 Å². The Hall–Kier alpha value is -3.34. The predicted molar refractivity (Wildman–Crippen MR) is 114 cm³/mol. The maximum atomic E-state index is 12.6. The molecule has 1 fully saturated rings. The van der Waals surface area contributed by atoms with E-state index in [-0.39, 0.29) is 12.4 Å². The molecule has 5 nitrogen and oxygen atoms in total. The maximum Gasteiger partial charge on any atom is 0.338 e. The summed E-state index contributed by atoms with van der Waals surface area (Å²) in [5.74, 6) is -0.142. The first-order chi connectivity index (χ1) is 14.5. The van der Waals surface area contributed by atoms with Gasteiger partial charge in [0.2, 0.25) is 5.78 Å². The van der Waals surface area contributed by atoms with Gasteiger partial charge in [-0.1, -0.05) is 36.4 Å². The van der Waals surface area contributed by atoms with Crippen molar-refractivity contribution in [3.63, 3.8) is 0 Å². The second-order valence-corrected chi connectivity index (χ2v) is 7.69. The molecule has 0 bridgehead atoms. The van der Waals surface area contributed by atoms with Gasteiger partial charge < -0.3 is 14.0 Å². The molecule has 1 aromatic heterocycles. The van der Waals surface area contributed by atoms with Gasteiger partial charge in [0.15, 0.2) is 6.61 Å². The molecule has 1 saturated carbocycles. The molecule has 1 heterocycles. The van der Waals surface area contributed by atoms with Crippen LogP contribution in [0.5, 0.6) is 5.75 Å². The monoisotopic (exact) mass is 403 g/mol. The van der Waals surface area contributed by atoms with Gasteiger partial charge in [-0.3, -0.25) is 4.79 Å². The molecule has 0 aliphatic heterocycles. The van der Waals surface area contributed by atoms with Gasteiger partial charge >= 0.3 is 5.97 Å². The first kappa shape index (κ1) is 20.0. The number of esters is 1. The van der Waals surface area contributed by atoms with E-state index in [1.54, 1.807) is 24.3 Å². The van der Waals surface area contributed by atoms with Crippen molar-refractivity contribution in [1.82, 2.24) is 4.57 Å². The van der Waals surface area contributed by atoms with Crippen molar-refractivity contribution in [2.45, 2.75) is 39.3 Å². The van der Waals surface area contributed by atoms with Crippen molar-refractivity contribution >= 4 is 11.8 Å². The molecule has 154 valence electrons. The van der Waals surface area contributed by atoms with Crippen LogP contribution in [0.1, 0.15) is 56.6 Å². The molecule has 0 saturated heterocycles. The fourth-order valence-corrected chi connectivity index (χ4v) is 3.70. The summed E-state index contributed by atoms with van der Waals surface area (Å²) < 4.78 is 13.3. The van der Waals surface area contributed by atoms with Crippen molar-refractivity contribution < 1.29 is 19.1 Å². The Labute approximate surface area is 176 Å². The third-order valence-electron chi connectivity index (χ3n) is 5.35. The van der Waals surface area contributed by atoms with Gasteiger partial charge in [0.05, 0.1) is 5.56 Å². The van der Waals surface area contributed by atoms with Crippen LogP contribution in [0.4, 0.5) is 0 Å². The molecular weight excluding hydrogens is 378 g/mol. The average molecular weight is 403 g/mol. The van der Waals surface area contributed by atoms with E-state index in [2.05, 4.69) is 4.57 Å². The molecule has 0 atom stereocenters. The smallest absolute Gasteiger partial charge is 0.338 e. The van der Waals surface area contributed by atoms with Gasteiger partial charge in [-0.2, -0.15) is 0 Å². The van der Waals surface area contributed by atoms with Crippen molar-refractivity contribution in [2.75, 3.05) is 6.61 Å². The van der Waals surface area contributed by atoms with E-state index in [9.17, 15) is 9.59 Å². The number of aromatic nitrogens is 1. The summed E-state index contributed by atoms with van der Waals surface area (Å²) in [6.07, 6.45) is 2.31. The number of aryl methyl sites for hydroxylation is 1. The minimum Gasteiger partial charge on any atom is -0.489 e. The van der Waals surface area contributed by atoms with Crippen LogP contribution in [0.25, 0.3) is 0 Å². The Morgan fingerprint density at radius 1 is 1.00 bits per heavy atom. The zero-order valence-corrected chi connectivity index (χ0v) is 17.3. The Kier molecular flexibility index (Phi) is 5.70. The van der Waals surface area contributed by atoms with E-state index >= 15 is 0 Å². The van der Waals surface area contributed by atoms with Crippen LogP contribution in [0.3, 0.4) is 0 Å². The highest BCUT2D eigenvalue weighted by molar-refractivity contribution is 6.00. The summed E-state index contributed by atoms with van der Waals surface area (Å²) in [6.45, 7) is 4.10. The van der Waals surface area contributed by atoms with Crippen LogP contribution in [-0.2, 0) is 11.3 Å². The molecular formula is C25H25NO4. The fraction of sp³-hybridized carbons (Fsp3) is 0.280. The molecule has 1 aliphatic rings. The third-order valence-corrected chi connectivity index (χ3v) is 5.35. The average Bonchev–Trinajstić information content (AvgIpc) is 3.55. The Morgan fingerprint density at radius 3 is 2.50 bits per heavy atom. The zero-order chi connectivity index (χ0) is 21.1. The lowest BCUT2D eigenvalue weighted by Gasteiger charge is -2.09. The third kappa shape index (κ3) is 4.46. The van der Waals surface area contributed by atoms with Gasteiger partial charge in [0.1, 0.15) is 12.4 Å². The van der Waals surface area contributed by atoms with Crippen LogP contribution >= 0.6 is 0 Å². The Bertz CT molecular complexity index is 1060. The maximum absolute atomic E-state index is 12.6. The highest BCUT2D eigenvalue weighted by Gasteiger charge is 2.28. The number of Topliss-reactive ketones (excluding diaryl/α,β-unsaturated/α-hetero) is 1. The summed E-state index contributed by atoms with van der Waals surface area (Å²) in [6, 6.07) is 19.0. The van der Waals surface area contributed by atoms with Crippen LogP contribution < -0.4 is 4.74 Å². The van der Waals surface area contributed by atoms with E-state index in [0.29, 0.717) is 29.5 Å². The normalized spacial score (nSPS) is 13.1. The fourth-order valence-electron chi connectivity index (χ4n) is 3.70. The van der Waals surface area contributed by atoms with Crippen molar-refractivity contribution in [3.8, 4) is 5.75 Å². The molecule has 3 aromatic rings. The molecule has 2 aromatic carbocycles. The number of ketones is 1. The first-order valence-electron chi connectivity index (χ1n) is 10.2. The highest BCUT2D eigenvalue weighted by Crippen LogP contribution is 2.38. The Balaban J connectivity index is 1.36. The number of ether oxygens (including phenoxy) is 2. The number of nitrogens with zero attached hydrogens (tertiary/aromatic N) is 1. The minimum atomic E-state index is -0.537. The molecule has 5 heteroatoms. The molecule has 0 amide bonds. The van der Waals surface area contributed by atoms with Gasteiger partial charge in [-0.05, 0) is 56.5 Å². The quantitative estimate of drug-likeness (QED) is 0.390. The number of benzene rings is 2. The minimum absolute atomic E-state index is 0.181. The van der Waals surface area contributed by atoms with Crippen molar-refractivity contribution in [1.29, 1.82) is 0 Å². The highest BCUT2D eigenvalue weighted by atomic mass is 16.5. The second-order valence-electron chi connectivity index (χ2n) is 7.69. The summed E-state index contributed by atoms with van der Waals surface area (Å²) in [5, 5.41) is 0. The molecule has 4 rings (SSSR count). The molecule has 1 aliphatic carbocycles. The number of carbonyl (C=O) groups excluding carboxylic acids is 2. The van der Waals surface area contributed by atoms with E-state index in [4.69, 9.17) is 9.47 Å². The molecule has 0 N–H and O–H groups in total. The van der Waals surface area contributed by atoms with Crippen LogP contribution in [0, 0.1) is 13.8 Å². The lowest BCUT2D eigenvalue weighted by atomic mass is 10.1. The van der Waals surface area contributed by atoms with Crippen molar-refractivity contribution in [3.05, 3.63) is 88.7 Å². The van der Waals surface area contributed by atoms with Crippen molar-refractivity contribution in [2.24, 2.45) is 0 Å². The number of carbonyl (C=O) groups is 2. The van der Waals surface area contributed by atoms with Crippen LogP contribution in [-0.4, -0.2) is 22.9 Å². The summed E-state index contributed by atoms with van der Waals surface area (Å²) in [7, 11) is 0. The van der Waals surface area contributed by atoms with E-state index in [0.717, 1.165) is 29.8 Å². The summed E-state index contributed by atoms with van der Waals surface area (Å²) in [4.78, 5) is 25.1. The predicted octanol–water partition coefficient (Wildman–Crippen LogP) is 5.06. The molecule has 0 spiro atoms. The Morgan fingerprint density at radius 2 is 1.77 bits per heavy atom.